The Labute approximate surface area is 161 Å². The number of aryl methyl sites for hydroxylation is 1. The number of carbonyl (C=O) groups is 2. The van der Waals surface area contributed by atoms with E-state index in [1.54, 1.807) is 0 Å². The lowest BCUT2D eigenvalue weighted by atomic mass is 9.75. The highest BCUT2D eigenvalue weighted by Crippen LogP contribution is 2.45. The summed E-state index contributed by atoms with van der Waals surface area (Å²) in [6, 6.07) is 8.61. The van der Waals surface area contributed by atoms with Crippen molar-refractivity contribution >= 4 is 11.9 Å². The van der Waals surface area contributed by atoms with Gasteiger partial charge in [-0.3, -0.25) is 14.5 Å². The standard InChI is InChI=1S/C22H30N2O3/c1-17-6-5-7-18(14-17)16-23-10-12-24(13-11-23)21(26)19-15-20(25)27-22(19)8-3-2-4-9-22/h5-7,14,19H,2-4,8-13,15-16H2,1H3/t19-/m0/s1. The first kappa shape index (κ1) is 18.5. The second-order valence-electron chi connectivity index (χ2n) is 8.45. The van der Waals surface area contributed by atoms with E-state index in [1.165, 1.54) is 17.5 Å². The van der Waals surface area contributed by atoms with Crippen molar-refractivity contribution in [3.8, 4) is 0 Å². The zero-order chi connectivity index (χ0) is 18.9. The smallest absolute Gasteiger partial charge is 0.307 e. The number of piperazine rings is 1. The molecule has 5 heteroatoms. The molecule has 0 N–H and O–H groups in total. The average molecular weight is 370 g/mol. The number of ether oxygens (including phenoxy) is 1. The molecule has 2 heterocycles. The largest absolute Gasteiger partial charge is 0.458 e. The fourth-order valence-corrected chi connectivity index (χ4v) is 5.02. The molecule has 3 fully saturated rings. The van der Waals surface area contributed by atoms with Crippen LogP contribution in [0.25, 0.3) is 0 Å². The lowest BCUT2D eigenvalue weighted by Crippen LogP contribution is -2.53. The topological polar surface area (TPSA) is 49.9 Å². The minimum atomic E-state index is -0.509. The third kappa shape index (κ3) is 3.88. The van der Waals surface area contributed by atoms with E-state index >= 15 is 0 Å². The molecular formula is C22H30N2O3. The molecule has 3 aliphatic rings. The summed E-state index contributed by atoms with van der Waals surface area (Å²) in [5.41, 5.74) is 2.10. The van der Waals surface area contributed by atoms with Crippen molar-refractivity contribution in [1.29, 1.82) is 0 Å². The van der Waals surface area contributed by atoms with Gasteiger partial charge in [-0.05, 0) is 38.2 Å². The summed E-state index contributed by atoms with van der Waals surface area (Å²) in [4.78, 5) is 29.6. The lowest BCUT2D eigenvalue weighted by molar-refractivity contribution is -0.156. The van der Waals surface area contributed by atoms with Crippen LogP contribution in [0.2, 0.25) is 0 Å². The molecule has 0 radical (unpaired) electrons. The van der Waals surface area contributed by atoms with Crippen LogP contribution in [0.15, 0.2) is 24.3 Å². The van der Waals surface area contributed by atoms with Crippen LogP contribution in [0, 0.1) is 12.8 Å². The van der Waals surface area contributed by atoms with Gasteiger partial charge in [0.15, 0.2) is 0 Å². The SMILES string of the molecule is Cc1cccc(CN2CCN(C(=O)[C@@H]3CC(=O)OC34CCCCC4)CC2)c1. The summed E-state index contributed by atoms with van der Waals surface area (Å²) < 4.78 is 5.73. The van der Waals surface area contributed by atoms with Crippen LogP contribution in [0.1, 0.15) is 49.7 Å². The predicted octanol–water partition coefficient (Wildman–Crippen LogP) is 2.91. The maximum absolute atomic E-state index is 13.2. The molecule has 1 atom stereocenters. The van der Waals surface area contributed by atoms with E-state index in [0.717, 1.165) is 58.4 Å². The Bertz CT molecular complexity index is 703. The van der Waals surface area contributed by atoms with Crippen molar-refractivity contribution in [2.24, 2.45) is 5.92 Å². The van der Waals surface area contributed by atoms with Crippen LogP contribution in [0.4, 0.5) is 0 Å². The molecule has 0 bridgehead atoms. The Hall–Kier alpha value is -1.88. The highest BCUT2D eigenvalue weighted by molar-refractivity contribution is 5.88. The number of hydrogen-bond acceptors (Lipinski definition) is 4. The van der Waals surface area contributed by atoms with Gasteiger partial charge < -0.3 is 9.64 Å². The summed E-state index contributed by atoms with van der Waals surface area (Å²) in [6.07, 6.45) is 5.26. The molecule has 146 valence electrons. The average Bonchev–Trinajstić information content (AvgIpc) is 2.98. The summed E-state index contributed by atoms with van der Waals surface area (Å²) in [5, 5.41) is 0. The van der Waals surface area contributed by atoms with Crippen molar-refractivity contribution in [3.05, 3.63) is 35.4 Å². The fourth-order valence-electron chi connectivity index (χ4n) is 5.02. The molecule has 2 saturated heterocycles. The number of amides is 1. The summed E-state index contributed by atoms with van der Waals surface area (Å²) >= 11 is 0. The quantitative estimate of drug-likeness (QED) is 0.768. The van der Waals surface area contributed by atoms with Crippen LogP contribution in [-0.2, 0) is 20.9 Å². The molecule has 4 rings (SSSR count). The van der Waals surface area contributed by atoms with Gasteiger partial charge in [-0.15, -0.1) is 0 Å². The first-order chi connectivity index (χ1) is 13.1. The highest BCUT2D eigenvalue weighted by Gasteiger charge is 2.53. The first-order valence-electron chi connectivity index (χ1n) is 10.3. The molecule has 1 aliphatic carbocycles. The van der Waals surface area contributed by atoms with Crippen LogP contribution in [0.3, 0.4) is 0 Å². The van der Waals surface area contributed by atoms with Gasteiger partial charge >= 0.3 is 5.97 Å². The van der Waals surface area contributed by atoms with Crippen LogP contribution in [-0.4, -0.2) is 53.5 Å². The zero-order valence-electron chi connectivity index (χ0n) is 16.3. The third-order valence-electron chi connectivity index (χ3n) is 6.49. The molecule has 0 aromatic heterocycles. The zero-order valence-corrected chi connectivity index (χ0v) is 16.3. The molecule has 1 amide bonds. The molecule has 1 aromatic rings. The van der Waals surface area contributed by atoms with Gasteiger partial charge in [-0.2, -0.15) is 0 Å². The lowest BCUT2D eigenvalue weighted by Gasteiger charge is -2.40. The van der Waals surface area contributed by atoms with Crippen molar-refractivity contribution in [3.63, 3.8) is 0 Å². The van der Waals surface area contributed by atoms with Gasteiger partial charge in [0.25, 0.3) is 0 Å². The summed E-state index contributed by atoms with van der Waals surface area (Å²) in [5.74, 6) is -0.320. The number of benzene rings is 1. The second-order valence-corrected chi connectivity index (χ2v) is 8.45. The molecular weight excluding hydrogens is 340 g/mol. The molecule has 1 spiro atoms. The monoisotopic (exact) mass is 370 g/mol. The van der Waals surface area contributed by atoms with E-state index in [1.807, 2.05) is 4.90 Å². The van der Waals surface area contributed by atoms with Gasteiger partial charge in [0.05, 0.1) is 12.3 Å². The van der Waals surface area contributed by atoms with Crippen LogP contribution in [0.5, 0.6) is 0 Å². The molecule has 1 aromatic carbocycles. The Balaban J connectivity index is 1.36. The van der Waals surface area contributed by atoms with Crippen molar-refractivity contribution < 1.29 is 14.3 Å². The Morgan fingerprint density at radius 3 is 2.59 bits per heavy atom. The molecule has 27 heavy (non-hydrogen) atoms. The van der Waals surface area contributed by atoms with E-state index < -0.39 is 5.60 Å². The van der Waals surface area contributed by atoms with Gasteiger partial charge in [-0.1, -0.05) is 36.2 Å². The third-order valence-corrected chi connectivity index (χ3v) is 6.49. The van der Waals surface area contributed by atoms with Crippen LogP contribution >= 0.6 is 0 Å². The van der Waals surface area contributed by atoms with Gasteiger partial charge in [-0.25, -0.2) is 0 Å². The van der Waals surface area contributed by atoms with Gasteiger partial charge in [0.2, 0.25) is 5.91 Å². The highest BCUT2D eigenvalue weighted by atomic mass is 16.6. The Morgan fingerprint density at radius 2 is 1.89 bits per heavy atom. The van der Waals surface area contributed by atoms with E-state index in [-0.39, 0.29) is 24.2 Å². The Kier molecular flexibility index (Phi) is 5.22. The number of carbonyl (C=O) groups excluding carboxylic acids is 2. The maximum atomic E-state index is 13.2. The van der Waals surface area contributed by atoms with E-state index in [0.29, 0.717) is 0 Å². The summed E-state index contributed by atoms with van der Waals surface area (Å²) in [7, 11) is 0. The Morgan fingerprint density at radius 1 is 1.15 bits per heavy atom. The summed E-state index contributed by atoms with van der Waals surface area (Å²) in [6.45, 7) is 6.30. The van der Waals surface area contributed by atoms with E-state index in [4.69, 9.17) is 4.74 Å². The van der Waals surface area contributed by atoms with Crippen molar-refractivity contribution in [1.82, 2.24) is 9.80 Å². The minimum Gasteiger partial charge on any atom is -0.458 e. The molecule has 1 saturated carbocycles. The predicted molar refractivity (Wildman–Crippen MR) is 103 cm³/mol. The van der Waals surface area contributed by atoms with Gasteiger partial charge in [0, 0.05) is 32.7 Å². The number of rotatable bonds is 3. The molecule has 5 nitrogen and oxygen atoms in total. The number of esters is 1. The second kappa shape index (κ2) is 7.63. The van der Waals surface area contributed by atoms with Crippen molar-refractivity contribution in [2.75, 3.05) is 26.2 Å². The van der Waals surface area contributed by atoms with Gasteiger partial charge in [0.1, 0.15) is 5.60 Å². The van der Waals surface area contributed by atoms with Crippen molar-refractivity contribution in [2.45, 2.75) is 57.6 Å². The number of hydrogen-bond donors (Lipinski definition) is 0. The number of nitrogens with zero attached hydrogens (tertiary/aromatic N) is 2. The normalized spacial score (nSPS) is 25.6. The molecule has 0 unspecified atom stereocenters. The van der Waals surface area contributed by atoms with E-state index in [9.17, 15) is 9.59 Å². The minimum absolute atomic E-state index is 0.137. The first-order valence-corrected chi connectivity index (χ1v) is 10.3. The fraction of sp³-hybridized carbons (Fsp3) is 0.636. The molecule has 2 aliphatic heterocycles. The van der Waals surface area contributed by atoms with Crippen LogP contribution < -0.4 is 0 Å². The maximum Gasteiger partial charge on any atom is 0.307 e. The van der Waals surface area contributed by atoms with E-state index in [2.05, 4.69) is 36.1 Å².